The lowest BCUT2D eigenvalue weighted by atomic mass is 9.99. The van der Waals surface area contributed by atoms with Crippen molar-refractivity contribution < 1.29 is 44.2 Å². The molecule has 1 aliphatic heterocycles. The second-order valence-corrected chi connectivity index (χ2v) is 16.9. The molecule has 9 nitrogen and oxygen atoms in total. The lowest BCUT2D eigenvalue weighted by molar-refractivity contribution is -0.305. The molecule has 9 heteroatoms. The fourth-order valence-corrected chi connectivity index (χ4v) is 7.24. The smallest absolute Gasteiger partial charge is 0.306 e. The van der Waals surface area contributed by atoms with Crippen molar-refractivity contribution in [3.8, 4) is 0 Å². The SMILES string of the molecule is CC/C=C\C/C=C\C/C=C\C/C=C\CCC(=O)OC(COCCCCCCCCCCCCCCCC/C=C\C/C=C\CCCCCCC)COC1OC(CO)C(O)C(O)C1O. The third-order valence-electron chi connectivity index (χ3n) is 11.1. The van der Waals surface area contributed by atoms with Gasteiger partial charge in [-0.1, -0.05) is 189 Å². The zero-order valence-corrected chi connectivity index (χ0v) is 39.3. The van der Waals surface area contributed by atoms with Gasteiger partial charge in [-0.3, -0.25) is 4.79 Å². The Bertz CT molecular complexity index is 1180. The average molecular weight is 873 g/mol. The van der Waals surface area contributed by atoms with Crippen molar-refractivity contribution in [3.05, 3.63) is 72.9 Å². The predicted octanol–water partition coefficient (Wildman–Crippen LogP) is 12.0. The number of hydrogen-bond donors (Lipinski definition) is 4. The number of esters is 1. The molecule has 0 aromatic carbocycles. The lowest BCUT2D eigenvalue weighted by Gasteiger charge is -2.39. The van der Waals surface area contributed by atoms with Gasteiger partial charge < -0.3 is 39.4 Å². The van der Waals surface area contributed by atoms with E-state index in [1.165, 1.54) is 122 Å². The molecule has 358 valence electrons. The van der Waals surface area contributed by atoms with E-state index in [-0.39, 0.29) is 19.6 Å². The van der Waals surface area contributed by atoms with Crippen LogP contribution in [0.25, 0.3) is 0 Å². The maximum atomic E-state index is 12.7. The highest BCUT2D eigenvalue weighted by molar-refractivity contribution is 5.69. The first-order valence-corrected chi connectivity index (χ1v) is 25.0. The maximum absolute atomic E-state index is 12.7. The third-order valence-corrected chi connectivity index (χ3v) is 11.1. The summed E-state index contributed by atoms with van der Waals surface area (Å²) in [5.41, 5.74) is 0. The Labute approximate surface area is 378 Å². The first-order valence-electron chi connectivity index (χ1n) is 25.0. The molecule has 62 heavy (non-hydrogen) atoms. The van der Waals surface area contributed by atoms with Gasteiger partial charge in [0.25, 0.3) is 0 Å². The van der Waals surface area contributed by atoms with Crippen LogP contribution in [0.1, 0.15) is 194 Å². The van der Waals surface area contributed by atoms with Crippen LogP contribution in [0.2, 0.25) is 0 Å². The van der Waals surface area contributed by atoms with Crippen LogP contribution < -0.4 is 0 Å². The molecule has 0 radical (unpaired) electrons. The monoisotopic (exact) mass is 873 g/mol. The van der Waals surface area contributed by atoms with Crippen molar-refractivity contribution in [3.63, 3.8) is 0 Å². The molecule has 6 unspecified atom stereocenters. The van der Waals surface area contributed by atoms with Gasteiger partial charge in [-0.25, -0.2) is 0 Å². The molecule has 0 saturated carbocycles. The second-order valence-electron chi connectivity index (χ2n) is 16.9. The first-order chi connectivity index (χ1) is 30.4. The second kappa shape index (κ2) is 43.9. The van der Waals surface area contributed by atoms with Gasteiger partial charge >= 0.3 is 5.97 Å². The van der Waals surface area contributed by atoms with Crippen LogP contribution in [0.3, 0.4) is 0 Å². The van der Waals surface area contributed by atoms with E-state index in [2.05, 4.69) is 74.6 Å². The molecule has 1 fully saturated rings. The lowest BCUT2D eigenvalue weighted by Crippen LogP contribution is -2.59. The van der Waals surface area contributed by atoms with E-state index in [0.29, 0.717) is 13.0 Å². The molecular formula is C53H92O9. The summed E-state index contributed by atoms with van der Waals surface area (Å²) in [5, 5.41) is 40.1. The number of carbonyl (C=O) groups is 1. The third kappa shape index (κ3) is 34.1. The largest absolute Gasteiger partial charge is 0.457 e. The van der Waals surface area contributed by atoms with Crippen LogP contribution in [-0.4, -0.2) is 89.6 Å². The van der Waals surface area contributed by atoms with Crippen LogP contribution in [0, 0.1) is 0 Å². The van der Waals surface area contributed by atoms with E-state index in [0.717, 1.165) is 44.9 Å². The number of aliphatic hydroxyl groups excluding tert-OH is 4. The number of allylic oxidation sites excluding steroid dienone is 12. The summed E-state index contributed by atoms with van der Waals surface area (Å²) < 4.78 is 22.8. The van der Waals surface area contributed by atoms with Crippen LogP contribution in [0.5, 0.6) is 0 Å². The van der Waals surface area contributed by atoms with Crippen molar-refractivity contribution in [2.75, 3.05) is 26.4 Å². The predicted molar refractivity (Wildman–Crippen MR) is 256 cm³/mol. The topological polar surface area (TPSA) is 135 Å². The Balaban J connectivity index is 2.18. The highest BCUT2D eigenvalue weighted by Crippen LogP contribution is 2.22. The van der Waals surface area contributed by atoms with Crippen LogP contribution in [0.15, 0.2) is 72.9 Å². The molecule has 0 amide bonds. The molecule has 0 aromatic heterocycles. The standard InChI is InChI=1S/C53H92O9/c1-3-5-7-9-11-13-15-17-18-19-20-21-22-23-24-25-26-27-28-29-31-33-35-37-39-41-43-59-45-47(46-60-53-52(58)51(57)50(56)48(44-54)62-53)61-49(55)42-40-38-36-34-32-30-16-14-12-10-8-6-4-2/h6,8,12,14-15,17,19-20,30,32,36,38,47-48,50-54,56-58H,3-5,7,9-11,13,16,18,21-29,31,33-35,37,39-46H2,1-2H3/b8-6-,14-12-,17-15-,20-19-,32-30-,38-36-. The molecule has 0 aliphatic carbocycles. The highest BCUT2D eigenvalue weighted by atomic mass is 16.7. The Morgan fingerprint density at radius 1 is 0.532 bits per heavy atom. The molecule has 1 aliphatic rings. The van der Waals surface area contributed by atoms with Gasteiger partial charge in [-0.15, -0.1) is 0 Å². The van der Waals surface area contributed by atoms with E-state index in [4.69, 9.17) is 18.9 Å². The van der Waals surface area contributed by atoms with E-state index >= 15 is 0 Å². The fourth-order valence-electron chi connectivity index (χ4n) is 7.24. The zero-order chi connectivity index (χ0) is 45.0. The molecule has 1 saturated heterocycles. The highest BCUT2D eigenvalue weighted by Gasteiger charge is 2.44. The Hall–Kier alpha value is -2.37. The minimum Gasteiger partial charge on any atom is -0.457 e. The van der Waals surface area contributed by atoms with Crippen molar-refractivity contribution in [1.82, 2.24) is 0 Å². The Morgan fingerprint density at radius 3 is 1.48 bits per heavy atom. The Morgan fingerprint density at radius 2 is 0.984 bits per heavy atom. The molecule has 6 atom stereocenters. The molecule has 0 bridgehead atoms. The van der Waals surface area contributed by atoms with Crippen LogP contribution >= 0.6 is 0 Å². The molecule has 4 N–H and O–H groups in total. The quantitative estimate of drug-likeness (QED) is 0.0269. The summed E-state index contributed by atoms with van der Waals surface area (Å²) in [6.45, 7) is 4.34. The number of rotatable bonds is 42. The van der Waals surface area contributed by atoms with E-state index in [1.54, 1.807) is 0 Å². The summed E-state index contributed by atoms with van der Waals surface area (Å²) in [6, 6.07) is 0. The van der Waals surface area contributed by atoms with Gasteiger partial charge in [0.2, 0.25) is 0 Å². The Kier molecular flexibility index (Phi) is 40.8. The van der Waals surface area contributed by atoms with Gasteiger partial charge in [0.1, 0.15) is 30.5 Å². The number of ether oxygens (including phenoxy) is 4. The number of unbranched alkanes of at least 4 members (excludes halogenated alkanes) is 19. The molecule has 0 aromatic rings. The summed E-state index contributed by atoms with van der Waals surface area (Å²) in [4.78, 5) is 12.7. The number of hydrogen-bond acceptors (Lipinski definition) is 9. The van der Waals surface area contributed by atoms with Crippen LogP contribution in [0.4, 0.5) is 0 Å². The molecule has 1 heterocycles. The van der Waals surface area contributed by atoms with E-state index in [1.807, 2.05) is 12.2 Å². The maximum Gasteiger partial charge on any atom is 0.306 e. The fraction of sp³-hybridized carbons (Fsp3) is 0.755. The summed E-state index contributed by atoms with van der Waals surface area (Å²) in [5.74, 6) is -0.394. The van der Waals surface area contributed by atoms with Crippen molar-refractivity contribution in [2.45, 2.75) is 230 Å². The number of aliphatic hydroxyl groups is 4. The van der Waals surface area contributed by atoms with Gasteiger partial charge in [0.05, 0.1) is 19.8 Å². The first kappa shape index (κ1) is 57.6. The van der Waals surface area contributed by atoms with Gasteiger partial charge in [0.15, 0.2) is 6.29 Å². The summed E-state index contributed by atoms with van der Waals surface area (Å²) in [6.07, 6.45) is 51.1. The van der Waals surface area contributed by atoms with Crippen molar-refractivity contribution in [1.29, 1.82) is 0 Å². The zero-order valence-electron chi connectivity index (χ0n) is 39.3. The van der Waals surface area contributed by atoms with Gasteiger partial charge in [-0.05, 0) is 70.6 Å². The van der Waals surface area contributed by atoms with E-state index < -0.39 is 49.4 Å². The summed E-state index contributed by atoms with van der Waals surface area (Å²) >= 11 is 0. The average Bonchev–Trinajstić information content (AvgIpc) is 3.27. The number of carbonyl (C=O) groups excluding carboxylic acids is 1. The van der Waals surface area contributed by atoms with E-state index in [9.17, 15) is 25.2 Å². The van der Waals surface area contributed by atoms with Gasteiger partial charge in [0, 0.05) is 13.0 Å². The van der Waals surface area contributed by atoms with Crippen molar-refractivity contribution >= 4 is 5.97 Å². The molecular weight excluding hydrogens is 781 g/mol. The van der Waals surface area contributed by atoms with Crippen molar-refractivity contribution in [2.24, 2.45) is 0 Å². The minimum absolute atomic E-state index is 0.113. The normalized spacial score (nSPS) is 20.4. The van der Waals surface area contributed by atoms with Crippen LogP contribution in [-0.2, 0) is 23.7 Å². The molecule has 0 spiro atoms. The summed E-state index contributed by atoms with van der Waals surface area (Å²) in [7, 11) is 0. The minimum atomic E-state index is -1.55. The molecule has 1 rings (SSSR count). The van der Waals surface area contributed by atoms with Gasteiger partial charge in [-0.2, -0.15) is 0 Å².